The molecule has 88 valence electrons. The Labute approximate surface area is 104 Å². The third-order valence-electron chi connectivity index (χ3n) is 1.79. The predicted molar refractivity (Wildman–Crippen MR) is 58.9 cm³/mol. The van der Waals surface area contributed by atoms with Crippen molar-refractivity contribution in [3.05, 3.63) is 39.9 Å². The third-order valence-corrected chi connectivity index (χ3v) is 3.05. The summed E-state index contributed by atoms with van der Waals surface area (Å²) < 4.78 is 30.9. The standard InChI is InChI=1S/C10H4ClF2NO2S/c11-9-8(4-15)17-10(14-9)16-7-2-1-5(12)3-6(7)13/h1-4H. The van der Waals surface area contributed by atoms with Crippen molar-refractivity contribution in [2.75, 3.05) is 0 Å². The molecule has 0 N–H and O–H groups in total. The Morgan fingerprint density at radius 2 is 2.18 bits per heavy atom. The zero-order valence-corrected chi connectivity index (χ0v) is 9.69. The van der Waals surface area contributed by atoms with E-state index < -0.39 is 11.6 Å². The van der Waals surface area contributed by atoms with Crippen molar-refractivity contribution in [2.45, 2.75) is 0 Å². The van der Waals surface area contributed by atoms with E-state index in [1.165, 1.54) is 0 Å². The highest BCUT2D eigenvalue weighted by atomic mass is 35.5. The van der Waals surface area contributed by atoms with Crippen LogP contribution in [0, 0.1) is 11.6 Å². The van der Waals surface area contributed by atoms with Crippen LogP contribution >= 0.6 is 22.9 Å². The van der Waals surface area contributed by atoms with E-state index in [-0.39, 0.29) is 21.0 Å². The smallest absolute Gasteiger partial charge is 0.280 e. The molecule has 0 aliphatic heterocycles. The van der Waals surface area contributed by atoms with E-state index in [0.29, 0.717) is 12.4 Å². The largest absolute Gasteiger partial charge is 0.428 e. The van der Waals surface area contributed by atoms with Gasteiger partial charge < -0.3 is 4.74 Å². The van der Waals surface area contributed by atoms with Gasteiger partial charge in [-0.2, -0.15) is 4.98 Å². The summed E-state index contributed by atoms with van der Waals surface area (Å²) in [5.74, 6) is -1.75. The summed E-state index contributed by atoms with van der Waals surface area (Å²) in [5.41, 5.74) is 0. The van der Waals surface area contributed by atoms with E-state index in [9.17, 15) is 13.6 Å². The fourth-order valence-electron chi connectivity index (χ4n) is 1.06. The Hall–Kier alpha value is -1.53. The minimum Gasteiger partial charge on any atom is -0.428 e. The number of carbonyl (C=O) groups excluding carboxylic acids is 1. The van der Waals surface area contributed by atoms with E-state index >= 15 is 0 Å². The van der Waals surface area contributed by atoms with Crippen molar-refractivity contribution >= 4 is 29.2 Å². The van der Waals surface area contributed by atoms with E-state index in [2.05, 4.69) is 4.98 Å². The van der Waals surface area contributed by atoms with E-state index in [0.717, 1.165) is 23.5 Å². The van der Waals surface area contributed by atoms with Gasteiger partial charge in [0.15, 0.2) is 23.0 Å². The Kier molecular flexibility index (Phi) is 3.35. The van der Waals surface area contributed by atoms with Gasteiger partial charge in [-0.3, -0.25) is 4.79 Å². The van der Waals surface area contributed by atoms with Crippen molar-refractivity contribution in [3.63, 3.8) is 0 Å². The van der Waals surface area contributed by atoms with Crippen molar-refractivity contribution in [3.8, 4) is 10.9 Å². The van der Waals surface area contributed by atoms with Crippen LogP contribution in [-0.4, -0.2) is 11.3 Å². The van der Waals surface area contributed by atoms with Crippen LogP contribution in [0.5, 0.6) is 10.9 Å². The fourth-order valence-corrected chi connectivity index (χ4v) is 1.98. The zero-order chi connectivity index (χ0) is 12.4. The highest BCUT2D eigenvalue weighted by molar-refractivity contribution is 7.15. The lowest BCUT2D eigenvalue weighted by Gasteiger charge is -2.02. The van der Waals surface area contributed by atoms with Crippen LogP contribution in [0.15, 0.2) is 18.2 Å². The molecule has 0 saturated heterocycles. The lowest BCUT2D eigenvalue weighted by atomic mass is 10.3. The van der Waals surface area contributed by atoms with Gasteiger partial charge in [0.1, 0.15) is 10.7 Å². The van der Waals surface area contributed by atoms with Crippen LogP contribution in [0.25, 0.3) is 0 Å². The molecule has 1 aromatic carbocycles. The van der Waals surface area contributed by atoms with Crippen molar-refractivity contribution in [1.29, 1.82) is 0 Å². The minimum atomic E-state index is -0.857. The predicted octanol–water partition coefficient (Wildman–Crippen LogP) is 3.68. The second-order valence-corrected chi connectivity index (χ2v) is 4.28. The first-order chi connectivity index (χ1) is 8.10. The Morgan fingerprint density at radius 1 is 1.41 bits per heavy atom. The second-order valence-electron chi connectivity index (χ2n) is 2.93. The molecule has 0 atom stereocenters. The van der Waals surface area contributed by atoms with Gasteiger partial charge in [-0.15, -0.1) is 0 Å². The number of hydrogen-bond acceptors (Lipinski definition) is 4. The average molecular weight is 276 g/mol. The molecule has 17 heavy (non-hydrogen) atoms. The molecule has 7 heteroatoms. The number of ether oxygens (including phenoxy) is 1. The number of hydrogen-bond donors (Lipinski definition) is 0. The van der Waals surface area contributed by atoms with Gasteiger partial charge >= 0.3 is 0 Å². The van der Waals surface area contributed by atoms with Crippen LogP contribution in [-0.2, 0) is 0 Å². The van der Waals surface area contributed by atoms with Crippen LogP contribution in [0.1, 0.15) is 9.67 Å². The van der Waals surface area contributed by atoms with Gasteiger partial charge in [-0.05, 0) is 12.1 Å². The molecule has 2 rings (SSSR count). The number of aromatic nitrogens is 1. The Bertz CT molecular complexity index is 573. The summed E-state index contributed by atoms with van der Waals surface area (Å²) in [5, 5.41) is 0.00475. The zero-order valence-electron chi connectivity index (χ0n) is 8.12. The van der Waals surface area contributed by atoms with Gasteiger partial charge in [0.2, 0.25) is 0 Å². The maximum atomic E-state index is 13.2. The number of benzene rings is 1. The van der Waals surface area contributed by atoms with Gasteiger partial charge in [-0.25, -0.2) is 8.78 Å². The molecule has 0 spiro atoms. The number of carbonyl (C=O) groups is 1. The molecule has 0 aliphatic carbocycles. The third kappa shape index (κ3) is 2.59. The quantitative estimate of drug-likeness (QED) is 0.802. The molecule has 0 aliphatic rings. The van der Waals surface area contributed by atoms with Gasteiger partial charge in [-0.1, -0.05) is 22.9 Å². The van der Waals surface area contributed by atoms with Gasteiger partial charge in [0.25, 0.3) is 5.19 Å². The van der Waals surface area contributed by atoms with E-state index in [1.807, 2.05) is 0 Å². The summed E-state index contributed by atoms with van der Waals surface area (Å²) in [6.07, 6.45) is 0.522. The summed E-state index contributed by atoms with van der Waals surface area (Å²) in [4.78, 5) is 14.4. The molecular formula is C10H4ClF2NO2S. The molecule has 0 amide bonds. The number of thiazole rings is 1. The average Bonchev–Trinajstić information content (AvgIpc) is 2.63. The topological polar surface area (TPSA) is 39.2 Å². The molecule has 0 bridgehead atoms. The van der Waals surface area contributed by atoms with Gasteiger partial charge in [0, 0.05) is 6.07 Å². The summed E-state index contributed by atoms with van der Waals surface area (Å²) in [6.45, 7) is 0. The van der Waals surface area contributed by atoms with Crippen molar-refractivity contribution in [2.24, 2.45) is 0 Å². The maximum Gasteiger partial charge on any atom is 0.280 e. The summed E-state index contributed by atoms with van der Waals surface area (Å²) in [7, 11) is 0. The minimum absolute atomic E-state index is 0.0116. The van der Waals surface area contributed by atoms with Crippen LogP contribution < -0.4 is 4.74 Å². The van der Waals surface area contributed by atoms with Crippen LogP contribution in [0.4, 0.5) is 8.78 Å². The lowest BCUT2D eigenvalue weighted by Crippen LogP contribution is -1.88. The van der Waals surface area contributed by atoms with Gasteiger partial charge in [0.05, 0.1) is 0 Å². The fraction of sp³-hybridized carbons (Fsp3) is 0. The summed E-state index contributed by atoms with van der Waals surface area (Å²) in [6, 6.07) is 2.86. The molecular weight excluding hydrogens is 272 g/mol. The molecule has 0 fully saturated rings. The SMILES string of the molecule is O=Cc1sc(Oc2ccc(F)cc2F)nc1Cl. The normalized spacial score (nSPS) is 10.3. The Morgan fingerprint density at radius 3 is 2.76 bits per heavy atom. The molecule has 1 heterocycles. The van der Waals surface area contributed by atoms with Crippen LogP contribution in [0.3, 0.4) is 0 Å². The second kappa shape index (κ2) is 4.77. The number of rotatable bonds is 3. The van der Waals surface area contributed by atoms with E-state index in [1.54, 1.807) is 0 Å². The highest BCUT2D eigenvalue weighted by Crippen LogP contribution is 2.32. The van der Waals surface area contributed by atoms with Crippen molar-refractivity contribution in [1.82, 2.24) is 4.98 Å². The first-order valence-electron chi connectivity index (χ1n) is 4.34. The summed E-state index contributed by atoms with van der Waals surface area (Å²) >= 11 is 6.48. The maximum absolute atomic E-state index is 13.2. The number of nitrogens with zero attached hydrogens (tertiary/aromatic N) is 1. The first kappa shape index (κ1) is 11.9. The highest BCUT2D eigenvalue weighted by Gasteiger charge is 2.12. The molecule has 0 radical (unpaired) electrons. The van der Waals surface area contributed by atoms with E-state index in [4.69, 9.17) is 16.3 Å². The molecule has 2 aromatic rings. The monoisotopic (exact) mass is 275 g/mol. The number of aldehydes is 1. The van der Waals surface area contributed by atoms with Crippen LogP contribution in [0.2, 0.25) is 5.15 Å². The molecule has 1 aromatic heterocycles. The number of halogens is 3. The molecule has 3 nitrogen and oxygen atoms in total. The first-order valence-corrected chi connectivity index (χ1v) is 5.54. The molecule has 0 unspecified atom stereocenters. The lowest BCUT2D eigenvalue weighted by molar-refractivity contribution is 0.112. The van der Waals surface area contributed by atoms with Crippen molar-refractivity contribution < 1.29 is 18.3 Å². The molecule has 0 saturated carbocycles. The Balaban J connectivity index is 2.28.